The van der Waals surface area contributed by atoms with Crippen LogP contribution in [0, 0.1) is 0 Å². The van der Waals surface area contributed by atoms with Gasteiger partial charge in [0.25, 0.3) is 0 Å². The van der Waals surface area contributed by atoms with Gasteiger partial charge in [-0.05, 0) is 141 Å². The lowest BCUT2D eigenvalue weighted by Gasteiger charge is -2.26. The Bertz CT molecular complexity index is 2780. The van der Waals surface area contributed by atoms with Crippen LogP contribution in [0.1, 0.15) is 144 Å². The van der Waals surface area contributed by atoms with Crippen LogP contribution in [-0.4, -0.2) is 16.2 Å². The number of benzene rings is 5. The molecule has 0 unspecified atom stereocenters. The van der Waals surface area contributed by atoms with Crippen molar-refractivity contribution in [3.05, 3.63) is 143 Å². The molecule has 8 rings (SSSR count). The number of hydrogen-bond acceptors (Lipinski definition) is 4. The molecular formula is C57H68N4O. The Labute approximate surface area is 371 Å². The van der Waals surface area contributed by atoms with Crippen molar-refractivity contribution in [3.63, 3.8) is 0 Å². The molecule has 1 aliphatic heterocycles. The maximum atomic E-state index is 7.02. The molecule has 0 N–H and O–H groups in total. The molecule has 62 heavy (non-hydrogen) atoms. The van der Waals surface area contributed by atoms with E-state index in [0.717, 1.165) is 46.9 Å². The van der Waals surface area contributed by atoms with E-state index in [1.807, 2.05) is 6.20 Å². The molecule has 5 nitrogen and oxygen atoms in total. The summed E-state index contributed by atoms with van der Waals surface area (Å²) in [4.78, 5) is 9.94. The van der Waals surface area contributed by atoms with Gasteiger partial charge in [0.05, 0.1) is 22.4 Å². The molecule has 0 amide bonds. The molecule has 0 aliphatic carbocycles. The first-order valence-electron chi connectivity index (χ1n) is 22.8. The minimum absolute atomic E-state index is 0.0150. The van der Waals surface area contributed by atoms with E-state index in [0.29, 0.717) is 12.6 Å². The third kappa shape index (κ3) is 8.23. The van der Waals surface area contributed by atoms with Crippen LogP contribution in [0.4, 0.5) is 22.7 Å². The summed E-state index contributed by atoms with van der Waals surface area (Å²) in [6, 6.07) is 40.9. The standard InChI is InChI=1S/C57H68N4O/c1-15-37(16-2)38-18-17-19-43(28-38)59-36-60(50-25-21-40(32-52(50)59)55(6,7)8)44-29-42(57(12,13)14)30-46(34-44)62-45-22-23-47-48-31-39(54(3,4)5)20-24-49(48)61(51(47)35-45)53-33-41(26-27-58-53)56(9,10)11/h17-35,37H,15-16,36H2,1-14H3. The number of hydrogen-bond donors (Lipinski definition) is 0. The summed E-state index contributed by atoms with van der Waals surface area (Å²) in [5.41, 5.74) is 13.4. The zero-order chi connectivity index (χ0) is 44.5. The molecule has 0 saturated heterocycles. The van der Waals surface area contributed by atoms with Crippen LogP contribution in [0.2, 0.25) is 0 Å². The number of ether oxygens (including phenoxy) is 1. The number of nitrogens with zero attached hydrogens (tertiary/aromatic N) is 4. The third-order valence-electron chi connectivity index (χ3n) is 13.1. The second-order valence-corrected chi connectivity index (χ2v) is 21.8. The van der Waals surface area contributed by atoms with E-state index >= 15 is 0 Å². The average Bonchev–Trinajstić information content (AvgIpc) is 3.75. The van der Waals surface area contributed by atoms with E-state index in [-0.39, 0.29) is 21.7 Å². The van der Waals surface area contributed by atoms with Crippen LogP contribution in [0.15, 0.2) is 115 Å². The van der Waals surface area contributed by atoms with Gasteiger partial charge in [-0.15, -0.1) is 0 Å². The molecular weight excluding hydrogens is 757 g/mol. The highest BCUT2D eigenvalue weighted by atomic mass is 16.5. The normalized spacial score (nSPS) is 13.8. The highest BCUT2D eigenvalue weighted by Crippen LogP contribution is 2.48. The fourth-order valence-electron chi connectivity index (χ4n) is 9.03. The average molecular weight is 825 g/mol. The van der Waals surface area contributed by atoms with Gasteiger partial charge in [0.15, 0.2) is 0 Å². The van der Waals surface area contributed by atoms with Crippen molar-refractivity contribution in [3.8, 4) is 17.3 Å². The van der Waals surface area contributed by atoms with Crippen LogP contribution in [0.3, 0.4) is 0 Å². The predicted octanol–water partition coefficient (Wildman–Crippen LogP) is 16.3. The predicted molar refractivity (Wildman–Crippen MR) is 265 cm³/mol. The molecule has 1 aliphatic rings. The van der Waals surface area contributed by atoms with Gasteiger partial charge in [-0.1, -0.05) is 121 Å². The summed E-state index contributed by atoms with van der Waals surface area (Å²) < 4.78 is 9.34. The van der Waals surface area contributed by atoms with Crippen LogP contribution in [0.5, 0.6) is 11.5 Å². The first-order chi connectivity index (χ1) is 29.1. The lowest BCUT2D eigenvalue weighted by atomic mass is 9.86. The van der Waals surface area contributed by atoms with Crippen molar-refractivity contribution in [2.45, 2.75) is 137 Å². The quantitative estimate of drug-likeness (QED) is 0.153. The molecule has 5 heteroatoms. The van der Waals surface area contributed by atoms with Gasteiger partial charge >= 0.3 is 0 Å². The topological polar surface area (TPSA) is 33.5 Å². The maximum absolute atomic E-state index is 7.02. The van der Waals surface area contributed by atoms with Gasteiger partial charge in [-0.25, -0.2) is 4.98 Å². The second kappa shape index (κ2) is 15.7. The van der Waals surface area contributed by atoms with E-state index in [4.69, 9.17) is 9.72 Å². The summed E-state index contributed by atoms with van der Waals surface area (Å²) >= 11 is 0. The fraction of sp³-hybridized carbons (Fsp3) is 0.386. The Morgan fingerprint density at radius 3 is 1.84 bits per heavy atom. The highest BCUT2D eigenvalue weighted by Gasteiger charge is 2.32. The maximum Gasteiger partial charge on any atom is 0.137 e. The fourth-order valence-corrected chi connectivity index (χ4v) is 9.03. The van der Waals surface area contributed by atoms with E-state index in [1.165, 1.54) is 55.7 Å². The summed E-state index contributed by atoms with van der Waals surface area (Å²) in [6.45, 7) is 32.7. The zero-order valence-corrected chi connectivity index (χ0v) is 39.9. The highest BCUT2D eigenvalue weighted by molar-refractivity contribution is 6.09. The Balaban J connectivity index is 1.25. The first kappa shape index (κ1) is 43.1. The number of aromatic nitrogens is 2. The molecule has 322 valence electrons. The van der Waals surface area contributed by atoms with Gasteiger partial charge in [-0.2, -0.15) is 0 Å². The third-order valence-corrected chi connectivity index (χ3v) is 13.1. The molecule has 0 atom stereocenters. The Kier molecular flexibility index (Phi) is 10.9. The van der Waals surface area contributed by atoms with Crippen molar-refractivity contribution in [2.24, 2.45) is 0 Å². The van der Waals surface area contributed by atoms with E-state index in [2.05, 4.69) is 220 Å². The monoisotopic (exact) mass is 825 g/mol. The Morgan fingerprint density at radius 1 is 0.516 bits per heavy atom. The SMILES string of the molecule is CCC(CC)c1cccc(N2CN(c3cc(Oc4ccc5c6cc(C(C)(C)C)ccc6n(-c6cc(C(C)(C)C)ccn6)c5c4)cc(C(C)(C)C)c3)c3ccc(C(C)(C)C)cc32)c1. The molecule has 0 bridgehead atoms. The van der Waals surface area contributed by atoms with Gasteiger partial charge < -0.3 is 14.5 Å². The number of rotatable bonds is 8. The molecule has 3 heterocycles. The molecule has 0 saturated carbocycles. The van der Waals surface area contributed by atoms with Crippen molar-refractivity contribution >= 4 is 44.6 Å². The van der Waals surface area contributed by atoms with Gasteiger partial charge in [0.1, 0.15) is 24.0 Å². The summed E-state index contributed by atoms with van der Waals surface area (Å²) in [6.07, 6.45) is 4.21. The molecule has 0 radical (unpaired) electrons. The van der Waals surface area contributed by atoms with Gasteiger partial charge in [-0.3, -0.25) is 4.57 Å². The summed E-state index contributed by atoms with van der Waals surface area (Å²) in [5, 5.41) is 2.40. The summed E-state index contributed by atoms with van der Waals surface area (Å²) in [7, 11) is 0. The van der Waals surface area contributed by atoms with Gasteiger partial charge in [0, 0.05) is 40.5 Å². The minimum Gasteiger partial charge on any atom is -0.457 e. The van der Waals surface area contributed by atoms with Crippen molar-refractivity contribution in [1.82, 2.24) is 9.55 Å². The van der Waals surface area contributed by atoms with Gasteiger partial charge in [0.2, 0.25) is 0 Å². The van der Waals surface area contributed by atoms with Crippen LogP contribution >= 0.6 is 0 Å². The van der Waals surface area contributed by atoms with Crippen molar-refractivity contribution in [2.75, 3.05) is 16.5 Å². The van der Waals surface area contributed by atoms with Crippen LogP contribution in [0.25, 0.3) is 27.6 Å². The number of fused-ring (bicyclic) bond motifs is 4. The van der Waals surface area contributed by atoms with Crippen molar-refractivity contribution in [1.29, 1.82) is 0 Å². The Morgan fingerprint density at radius 2 is 1.16 bits per heavy atom. The molecule has 0 fully saturated rings. The van der Waals surface area contributed by atoms with E-state index in [1.54, 1.807) is 0 Å². The first-order valence-corrected chi connectivity index (χ1v) is 22.8. The zero-order valence-electron chi connectivity index (χ0n) is 39.9. The smallest absolute Gasteiger partial charge is 0.137 e. The lowest BCUT2D eigenvalue weighted by molar-refractivity contribution is 0.479. The molecule has 2 aromatic heterocycles. The van der Waals surface area contributed by atoms with E-state index < -0.39 is 0 Å². The molecule has 5 aromatic carbocycles. The number of pyridine rings is 1. The van der Waals surface area contributed by atoms with Crippen LogP contribution in [-0.2, 0) is 21.7 Å². The molecule has 0 spiro atoms. The molecule has 7 aromatic rings. The van der Waals surface area contributed by atoms with E-state index in [9.17, 15) is 0 Å². The minimum atomic E-state index is -0.110. The van der Waals surface area contributed by atoms with Crippen LogP contribution < -0.4 is 14.5 Å². The Hall–Kier alpha value is -5.55. The number of anilines is 4. The largest absolute Gasteiger partial charge is 0.457 e. The van der Waals surface area contributed by atoms with Crippen molar-refractivity contribution < 1.29 is 4.74 Å². The summed E-state index contributed by atoms with van der Waals surface area (Å²) in [5.74, 6) is 3.06. The lowest BCUT2D eigenvalue weighted by Crippen LogP contribution is -2.24. The second-order valence-electron chi connectivity index (χ2n) is 21.8.